The van der Waals surface area contributed by atoms with E-state index in [-0.39, 0.29) is 23.4 Å². The van der Waals surface area contributed by atoms with E-state index in [4.69, 9.17) is 0 Å². The minimum absolute atomic E-state index is 0.0659. The summed E-state index contributed by atoms with van der Waals surface area (Å²) in [5, 5.41) is 0. The third-order valence-corrected chi connectivity index (χ3v) is 2.56. The Bertz CT molecular complexity index is 244. The van der Waals surface area contributed by atoms with Crippen LogP contribution in [-0.2, 0) is 9.59 Å². The Hall–Kier alpha value is -0.660. The van der Waals surface area contributed by atoms with Crippen LogP contribution in [0, 0.1) is 23.2 Å². The first kappa shape index (κ1) is 14.3. The summed E-state index contributed by atoms with van der Waals surface area (Å²) in [5.41, 5.74) is -0.431. The molecule has 1 unspecified atom stereocenters. The molecule has 0 N–H and O–H groups in total. The molecule has 0 saturated carbocycles. The van der Waals surface area contributed by atoms with Gasteiger partial charge in [0.25, 0.3) is 0 Å². The number of hydrogen-bond donors (Lipinski definition) is 0. The second-order valence-electron chi connectivity index (χ2n) is 5.89. The lowest BCUT2D eigenvalue weighted by Gasteiger charge is -2.27. The molecule has 1 atom stereocenters. The molecule has 0 saturated heterocycles. The fraction of sp³-hybridized carbons (Fsp3) is 0.846. The first-order chi connectivity index (χ1) is 6.59. The summed E-state index contributed by atoms with van der Waals surface area (Å²) in [7, 11) is 0. The number of rotatable bonds is 4. The Morgan fingerprint density at radius 2 is 1.33 bits per heavy atom. The monoisotopic (exact) mass is 212 g/mol. The molecule has 0 aromatic carbocycles. The van der Waals surface area contributed by atoms with Crippen LogP contribution in [0.4, 0.5) is 0 Å². The summed E-state index contributed by atoms with van der Waals surface area (Å²) < 4.78 is 0. The second kappa shape index (κ2) is 4.91. The van der Waals surface area contributed by atoms with Gasteiger partial charge in [-0.1, -0.05) is 48.5 Å². The molecule has 0 aliphatic carbocycles. The van der Waals surface area contributed by atoms with Crippen molar-refractivity contribution in [1.82, 2.24) is 0 Å². The Morgan fingerprint density at radius 3 is 1.53 bits per heavy atom. The normalized spacial score (nSPS) is 14.5. The summed E-state index contributed by atoms with van der Waals surface area (Å²) in [6.45, 7) is 13.2. The van der Waals surface area contributed by atoms with E-state index in [1.807, 2.05) is 48.5 Å². The maximum Gasteiger partial charge on any atom is 0.148 e. The van der Waals surface area contributed by atoms with Gasteiger partial charge in [-0.15, -0.1) is 0 Å². The third kappa shape index (κ3) is 3.77. The fourth-order valence-electron chi connectivity index (χ4n) is 1.59. The molecule has 0 aliphatic heterocycles. The number of ketones is 2. The molecule has 0 spiro atoms. The van der Waals surface area contributed by atoms with Crippen LogP contribution in [0.2, 0.25) is 0 Å². The van der Waals surface area contributed by atoms with Gasteiger partial charge < -0.3 is 0 Å². The van der Waals surface area contributed by atoms with Crippen molar-refractivity contribution in [2.24, 2.45) is 23.2 Å². The molecule has 0 bridgehead atoms. The predicted molar refractivity (Wildman–Crippen MR) is 62.6 cm³/mol. The van der Waals surface area contributed by atoms with Crippen LogP contribution in [0.25, 0.3) is 0 Å². The van der Waals surface area contributed by atoms with Gasteiger partial charge in [-0.2, -0.15) is 0 Å². The molecular formula is C13H24O2. The van der Waals surface area contributed by atoms with Crippen molar-refractivity contribution in [3.8, 4) is 0 Å². The Balaban J connectivity index is 5.01. The molecule has 0 rings (SSSR count). The van der Waals surface area contributed by atoms with Gasteiger partial charge in [0.15, 0.2) is 0 Å². The summed E-state index contributed by atoms with van der Waals surface area (Å²) in [6, 6.07) is 0. The standard InChI is InChI=1S/C13H24O2/c1-8(2)10(11(14)9(3)4)12(15)13(5,6)7/h8-10H,1-7H3. The summed E-state index contributed by atoms with van der Waals surface area (Å²) >= 11 is 0. The van der Waals surface area contributed by atoms with Gasteiger partial charge in [0.1, 0.15) is 11.6 Å². The van der Waals surface area contributed by atoms with E-state index in [0.29, 0.717) is 0 Å². The van der Waals surface area contributed by atoms with E-state index in [1.165, 1.54) is 0 Å². The van der Waals surface area contributed by atoms with Gasteiger partial charge in [0.05, 0.1) is 5.92 Å². The Morgan fingerprint density at radius 1 is 0.933 bits per heavy atom. The highest BCUT2D eigenvalue weighted by atomic mass is 16.2. The van der Waals surface area contributed by atoms with Crippen LogP contribution in [-0.4, -0.2) is 11.6 Å². The van der Waals surface area contributed by atoms with Crippen molar-refractivity contribution in [1.29, 1.82) is 0 Å². The van der Waals surface area contributed by atoms with Gasteiger partial charge in [-0.05, 0) is 5.92 Å². The van der Waals surface area contributed by atoms with Gasteiger partial charge in [-0.25, -0.2) is 0 Å². The SMILES string of the molecule is CC(C)C(=O)C(C(=O)C(C)(C)C)C(C)C. The maximum absolute atomic E-state index is 12.1. The van der Waals surface area contributed by atoms with Gasteiger partial charge in [-0.3, -0.25) is 9.59 Å². The zero-order valence-electron chi connectivity index (χ0n) is 11.0. The van der Waals surface area contributed by atoms with Crippen LogP contribution in [0.15, 0.2) is 0 Å². The van der Waals surface area contributed by atoms with Gasteiger partial charge >= 0.3 is 0 Å². The van der Waals surface area contributed by atoms with Crippen molar-refractivity contribution in [2.75, 3.05) is 0 Å². The average Bonchev–Trinajstić information content (AvgIpc) is 2.01. The summed E-state index contributed by atoms with van der Waals surface area (Å²) in [6.07, 6.45) is 0. The molecule has 0 radical (unpaired) electrons. The van der Waals surface area contributed by atoms with Crippen molar-refractivity contribution < 1.29 is 9.59 Å². The molecule has 0 amide bonds. The van der Waals surface area contributed by atoms with Crippen molar-refractivity contribution in [3.63, 3.8) is 0 Å². The average molecular weight is 212 g/mol. The Kier molecular flexibility index (Phi) is 4.69. The number of carbonyl (C=O) groups is 2. The second-order valence-corrected chi connectivity index (χ2v) is 5.89. The lowest BCUT2D eigenvalue weighted by atomic mass is 9.74. The molecule has 0 heterocycles. The highest BCUT2D eigenvalue weighted by Gasteiger charge is 2.37. The smallest absolute Gasteiger partial charge is 0.148 e. The van der Waals surface area contributed by atoms with E-state index in [2.05, 4.69) is 0 Å². The van der Waals surface area contributed by atoms with Crippen molar-refractivity contribution >= 4 is 11.6 Å². The largest absolute Gasteiger partial charge is 0.299 e. The zero-order valence-corrected chi connectivity index (χ0v) is 11.0. The molecule has 2 nitrogen and oxygen atoms in total. The maximum atomic E-state index is 12.1. The van der Waals surface area contributed by atoms with Crippen LogP contribution in [0.3, 0.4) is 0 Å². The number of carbonyl (C=O) groups excluding carboxylic acids is 2. The highest BCUT2D eigenvalue weighted by Crippen LogP contribution is 2.27. The first-order valence-electron chi connectivity index (χ1n) is 5.67. The van der Waals surface area contributed by atoms with Crippen LogP contribution >= 0.6 is 0 Å². The van der Waals surface area contributed by atoms with Crippen molar-refractivity contribution in [3.05, 3.63) is 0 Å². The lowest BCUT2D eigenvalue weighted by molar-refractivity contribution is -0.141. The Labute approximate surface area is 93.4 Å². The van der Waals surface area contributed by atoms with Gasteiger partial charge in [0, 0.05) is 11.3 Å². The van der Waals surface area contributed by atoms with Crippen molar-refractivity contribution in [2.45, 2.75) is 48.5 Å². The molecule has 0 fully saturated rings. The lowest BCUT2D eigenvalue weighted by Crippen LogP contribution is -2.38. The molecule has 2 heteroatoms. The fourth-order valence-corrected chi connectivity index (χ4v) is 1.59. The molecule has 0 aliphatic rings. The highest BCUT2D eigenvalue weighted by molar-refractivity contribution is 6.05. The quantitative estimate of drug-likeness (QED) is 0.671. The zero-order chi connectivity index (χ0) is 12.4. The number of Topliss-reactive ketones (excluding diaryl/α,β-unsaturated/α-hetero) is 2. The summed E-state index contributed by atoms with van der Waals surface area (Å²) in [5.74, 6) is -0.276. The van der Waals surface area contributed by atoms with E-state index in [9.17, 15) is 9.59 Å². The van der Waals surface area contributed by atoms with Crippen LogP contribution in [0.5, 0.6) is 0 Å². The summed E-state index contributed by atoms with van der Waals surface area (Å²) in [4.78, 5) is 24.1. The van der Waals surface area contributed by atoms with Crippen LogP contribution in [0.1, 0.15) is 48.5 Å². The van der Waals surface area contributed by atoms with E-state index in [0.717, 1.165) is 0 Å². The van der Waals surface area contributed by atoms with E-state index >= 15 is 0 Å². The molecular weight excluding hydrogens is 188 g/mol. The minimum atomic E-state index is -0.440. The van der Waals surface area contributed by atoms with E-state index in [1.54, 1.807) is 0 Å². The molecule has 0 aromatic heterocycles. The van der Waals surface area contributed by atoms with Gasteiger partial charge in [0.2, 0.25) is 0 Å². The topological polar surface area (TPSA) is 34.1 Å². The predicted octanol–water partition coefficient (Wildman–Crippen LogP) is 3.10. The van der Waals surface area contributed by atoms with E-state index < -0.39 is 11.3 Å². The molecule has 0 aromatic rings. The number of hydrogen-bond acceptors (Lipinski definition) is 2. The first-order valence-corrected chi connectivity index (χ1v) is 5.67. The molecule has 88 valence electrons. The van der Waals surface area contributed by atoms with Crippen LogP contribution < -0.4 is 0 Å². The third-order valence-electron chi connectivity index (χ3n) is 2.56. The minimum Gasteiger partial charge on any atom is -0.299 e. The molecule has 15 heavy (non-hydrogen) atoms.